The van der Waals surface area contributed by atoms with Gasteiger partial charge in [0, 0.05) is 5.69 Å². The number of hydrogen-bond donors (Lipinski definition) is 1. The fraction of sp³-hybridized carbons (Fsp3) is 0. The number of fused-ring (bicyclic) bond motifs is 1. The van der Waals surface area contributed by atoms with Crippen LogP contribution in [0, 0.1) is 6.07 Å². The Hall–Kier alpha value is 0.410. The Morgan fingerprint density at radius 2 is 1.82 bits per heavy atom. The molecular formula is C10H7NNa2O3S. The van der Waals surface area contributed by atoms with Crippen molar-refractivity contribution < 1.29 is 72.1 Å². The summed E-state index contributed by atoms with van der Waals surface area (Å²) in [5.41, 5.74) is 5.94. The second-order valence-electron chi connectivity index (χ2n) is 3.12. The average molecular weight is 267 g/mol. The summed E-state index contributed by atoms with van der Waals surface area (Å²) in [4.78, 5) is -0.285. The van der Waals surface area contributed by atoms with Crippen LogP contribution in [0.25, 0.3) is 10.8 Å². The maximum atomic E-state index is 10.9. The molecule has 0 aromatic heterocycles. The first-order valence-electron chi connectivity index (χ1n) is 4.14. The van der Waals surface area contributed by atoms with Crippen molar-refractivity contribution in [1.29, 1.82) is 0 Å². The molecular weight excluding hydrogens is 260 g/mol. The smallest absolute Gasteiger partial charge is 0.754 e. The predicted molar refractivity (Wildman–Crippen MR) is 55.2 cm³/mol. The minimum Gasteiger partial charge on any atom is -0.754 e. The first-order chi connectivity index (χ1) is 6.98. The monoisotopic (exact) mass is 267 g/mol. The van der Waals surface area contributed by atoms with Gasteiger partial charge in [-0.2, -0.15) is 18.2 Å². The van der Waals surface area contributed by atoms with Crippen molar-refractivity contribution in [1.82, 2.24) is 0 Å². The molecule has 0 radical (unpaired) electrons. The molecule has 0 saturated carbocycles. The van der Waals surface area contributed by atoms with Gasteiger partial charge < -0.3 is 10.3 Å². The third-order valence-corrected chi connectivity index (χ3v) is 2.94. The molecule has 0 unspecified atom stereocenters. The number of nitrogen functional groups attached to an aromatic ring is 1. The molecule has 0 aliphatic carbocycles. The Bertz CT molecular complexity index is 628. The van der Waals surface area contributed by atoms with Gasteiger partial charge in [0.25, 0.3) is 0 Å². The van der Waals surface area contributed by atoms with Crippen molar-refractivity contribution in [3.05, 3.63) is 36.4 Å². The molecule has 0 heterocycles. The molecule has 0 amide bonds. The Labute approximate surface area is 144 Å². The van der Waals surface area contributed by atoms with Crippen molar-refractivity contribution in [2.24, 2.45) is 0 Å². The third-order valence-electron chi connectivity index (χ3n) is 2.07. The first-order valence-corrected chi connectivity index (χ1v) is 5.54. The molecule has 0 fully saturated rings. The summed E-state index contributed by atoms with van der Waals surface area (Å²) in [6, 6.07) is 10.1. The molecule has 0 bridgehead atoms. The fourth-order valence-corrected chi connectivity index (χ4v) is 2.06. The Morgan fingerprint density at radius 1 is 1.18 bits per heavy atom. The van der Waals surface area contributed by atoms with E-state index in [9.17, 15) is 13.0 Å². The summed E-state index contributed by atoms with van der Waals surface area (Å²) in [7, 11) is -4.48. The standard InChI is InChI=1S/C10H8NO3S.2Na/c11-8-5-4-7-2-1-3-10(9(7)6-8)15(12,13)14;;/h2-6H,11H2,(H,12,13,14);;/q-1;2*+1/p-1. The molecule has 2 aromatic rings. The molecule has 0 spiro atoms. The third kappa shape index (κ3) is 3.94. The van der Waals surface area contributed by atoms with E-state index in [2.05, 4.69) is 6.07 Å². The molecule has 0 saturated heterocycles. The van der Waals surface area contributed by atoms with Crippen LogP contribution < -0.4 is 64.8 Å². The summed E-state index contributed by atoms with van der Waals surface area (Å²) >= 11 is 0. The van der Waals surface area contributed by atoms with E-state index >= 15 is 0 Å². The zero-order chi connectivity index (χ0) is 11.1. The molecule has 0 aliphatic rings. The topological polar surface area (TPSA) is 83.2 Å². The van der Waals surface area contributed by atoms with Gasteiger partial charge in [0.15, 0.2) is 0 Å². The molecule has 0 aliphatic heterocycles. The Kier molecular flexibility index (Phi) is 6.70. The second kappa shape index (κ2) is 6.54. The zero-order valence-corrected chi connectivity index (χ0v) is 14.4. The van der Waals surface area contributed by atoms with Crippen molar-refractivity contribution in [2.75, 3.05) is 5.73 Å². The van der Waals surface area contributed by atoms with Gasteiger partial charge >= 0.3 is 59.1 Å². The largest absolute Gasteiger partial charge is 1.00 e. The van der Waals surface area contributed by atoms with Crippen LogP contribution in [0.1, 0.15) is 0 Å². The summed E-state index contributed by atoms with van der Waals surface area (Å²) in [5.74, 6) is 0. The van der Waals surface area contributed by atoms with Crippen LogP contribution >= 0.6 is 0 Å². The van der Waals surface area contributed by atoms with E-state index in [-0.39, 0.29) is 64.0 Å². The van der Waals surface area contributed by atoms with Crippen molar-refractivity contribution in [3.63, 3.8) is 0 Å². The van der Waals surface area contributed by atoms with Crippen LogP contribution in [0.3, 0.4) is 0 Å². The molecule has 2 aromatic carbocycles. The number of benzene rings is 2. The maximum Gasteiger partial charge on any atom is 1.00 e. The fourth-order valence-electron chi connectivity index (χ4n) is 1.40. The minimum atomic E-state index is -4.48. The quantitative estimate of drug-likeness (QED) is 0.243. The van der Waals surface area contributed by atoms with E-state index in [1.165, 1.54) is 6.07 Å². The van der Waals surface area contributed by atoms with E-state index in [0.717, 1.165) is 6.07 Å². The molecule has 2 N–H and O–H groups in total. The molecule has 7 heteroatoms. The van der Waals surface area contributed by atoms with Crippen LogP contribution in [-0.4, -0.2) is 13.0 Å². The molecule has 2 rings (SSSR count). The van der Waals surface area contributed by atoms with E-state index in [1.54, 1.807) is 18.2 Å². The number of rotatable bonds is 1. The summed E-state index contributed by atoms with van der Waals surface area (Å²) in [5, 5.41) is 0.963. The number of nitrogens with two attached hydrogens (primary N) is 1. The van der Waals surface area contributed by atoms with Gasteiger partial charge in [0.1, 0.15) is 0 Å². The van der Waals surface area contributed by atoms with Crippen LogP contribution in [0.4, 0.5) is 5.69 Å². The van der Waals surface area contributed by atoms with Crippen molar-refractivity contribution >= 4 is 26.6 Å². The van der Waals surface area contributed by atoms with Crippen LogP contribution in [-0.2, 0) is 10.1 Å². The van der Waals surface area contributed by atoms with E-state index in [4.69, 9.17) is 5.73 Å². The van der Waals surface area contributed by atoms with Gasteiger partial charge in [-0.05, 0) is 4.90 Å². The maximum absolute atomic E-state index is 10.9. The SMILES string of the molecule is Nc1ccc2c[c-]cc(S(=O)(=O)[O-])c2c1.[Na+].[Na+]. The van der Waals surface area contributed by atoms with Gasteiger partial charge in [-0.3, -0.25) is 8.42 Å². The van der Waals surface area contributed by atoms with Gasteiger partial charge in [0.05, 0.1) is 10.1 Å². The summed E-state index contributed by atoms with van der Waals surface area (Å²) in [6.07, 6.45) is 0. The normalized spacial score (nSPS) is 10.4. The van der Waals surface area contributed by atoms with Crippen LogP contribution in [0.15, 0.2) is 35.2 Å². The molecule has 78 valence electrons. The van der Waals surface area contributed by atoms with Gasteiger partial charge in [0.2, 0.25) is 0 Å². The van der Waals surface area contributed by atoms with E-state index < -0.39 is 10.1 Å². The van der Waals surface area contributed by atoms with Gasteiger partial charge in [-0.1, -0.05) is 12.1 Å². The second-order valence-corrected chi connectivity index (χ2v) is 4.47. The van der Waals surface area contributed by atoms with Gasteiger partial charge in [-0.25, -0.2) is 0 Å². The first kappa shape index (κ1) is 17.4. The Balaban J connectivity index is 0.00000128. The van der Waals surface area contributed by atoms with Crippen LogP contribution in [0.5, 0.6) is 0 Å². The zero-order valence-electron chi connectivity index (χ0n) is 9.60. The van der Waals surface area contributed by atoms with Crippen molar-refractivity contribution in [2.45, 2.75) is 4.90 Å². The minimum absolute atomic E-state index is 0. The van der Waals surface area contributed by atoms with E-state index in [0.29, 0.717) is 16.5 Å². The molecule has 4 nitrogen and oxygen atoms in total. The van der Waals surface area contributed by atoms with E-state index in [1.807, 2.05) is 0 Å². The molecule has 17 heavy (non-hydrogen) atoms. The van der Waals surface area contributed by atoms with Crippen LogP contribution in [0.2, 0.25) is 0 Å². The van der Waals surface area contributed by atoms with Crippen molar-refractivity contribution in [3.8, 4) is 0 Å². The molecule has 0 atom stereocenters. The predicted octanol–water partition coefficient (Wildman–Crippen LogP) is -4.87. The Morgan fingerprint density at radius 3 is 2.41 bits per heavy atom. The van der Waals surface area contributed by atoms with Gasteiger partial charge in [-0.15, -0.1) is 16.8 Å². The number of hydrogen-bond acceptors (Lipinski definition) is 4. The average Bonchev–Trinajstić information content (AvgIpc) is 2.15. The summed E-state index contributed by atoms with van der Waals surface area (Å²) < 4.78 is 32.8. The number of anilines is 1. The summed E-state index contributed by atoms with van der Waals surface area (Å²) in [6.45, 7) is 0.